The maximum Gasteiger partial charge on any atom is 0.0335 e. The van der Waals surface area contributed by atoms with E-state index in [1.807, 2.05) is 6.08 Å². The summed E-state index contributed by atoms with van der Waals surface area (Å²) < 4.78 is 0. The van der Waals surface area contributed by atoms with Gasteiger partial charge in [-0.15, -0.1) is 6.58 Å². The van der Waals surface area contributed by atoms with Crippen molar-refractivity contribution in [1.82, 2.24) is 5.43 Å². The Hall–Kier alpha value is 0.01000. The minimum Gasteiger partial charge on any atom is -0.271 e. The second-order valence-electron chi connectivity index (χ2n) is 3.98. The van der Waals surface area contributed by atoms with E-state index in [9.17, 15) is 0 Å². The van der Waals surface area contributed by atoms with Crippen molar-refractivity contribution in [1.29, 1.82) is 0 Å². The zero-order chi connectivity index (χ0) is 10.2. The fourth-order valence-corrected chi connectivity index (χ4v) is 3.27. The van der Waals surface area contributed by atoms with Crippen molar-refractivity contribution in [3.63, 3.8) is 0 Å². The molecule has 1 aliphatic rings. The molecule has 1 aliphatic carbocycles. The minimum absolute atomic E-state index is 0.402. The number of nitrogens with one attached hydrogen (secondary N) is 1. The van der Waals surface area contributed by atoms with Crippen LogP contribution in [0.5, 0.6) is 0 Å². The fraction of sp³-hybridized carbons (Fsp3) is 0.818. The average molecular weight is 214 g/mol. The van der Waals surface area contributed by atoms with Gasteiger partial charge in [0.05, 0.1) is 0 Å². The summed E-state index contributed by atoms with van der Waals surface area (Å²) in [6.45, 7) is 3.74. The average Bonchev–Trinajstić information content (AvgIpc) is 2.25. The van der Waals surface area contributed by atoms with Crippen molar-refractivity contribution in [2.45, 2.75) is 49.8 Å². The molecule has 1 atom stereocenters. The third kappa shape index (κ3) is 4.49. The van der Waals surface area contributed by atoms with Crippen molar-refractivity contribution in [2.24, 2.45) is 5.84 Å². The number of rotatable bonds is 6. The quantitative estimate of drug-likeness (QED) is 0.405. The lowest BCUT2D eigenvalue weighted by molar-refractivity contribution is 0.513. The molecule has 0 aromatic heterocycles. The smallest absolute Gasteiger partial charge is 0.0335 e. The van der Waals surface area contributed by atoms with Crippen molar-refractivity contribution in [3.05, 3.63) is 12.7 Å². The third-order valence-corrected chi connectivity index (χ3v) is 4.31. The fourth-order valence-electron chi connectivity index (χ4n) is 1.87. The Morgan fingerprint density at radius 2 is 2.14 bits per heavy atom. The van der Waals surface area contributed by atoms with Gasteiger partial charge in [0.2, 0.25) is 0 Å². The molecule has 1 rings (SSSR count). The normalized spacial score (nSPS) is 20.6. The summed E-state index contributed by atoms with van der Waals surface area (Å²) >= 11 is 2.08. The highest BCUT2D eigenvalue weighted by Gasteiger charge is 2.15. The number of nitrogens with two attached hydrogens (primary N) is 1. The molecule has 0 radical (unpaired) electrons. The standard InChI is InChI=1S/C11H22N2S/c1-2-6-10(13-12)9-14-11-7-4-3-5-8-11/h2,10-11,13H,1,3-9,12H2. The second kappa shape index (κ2) is 7.32. The van der Waals surface area contributed by atoms with Crippen LogP contribution in [0.4, 0.5) is 0 Å². The molecule has 0 aromatic carbocycles. The summed E-state index contributed by atoms with van der Waals surface area (Å²) in [5.74, 6) is 6.58. The monoisotopic (exact) mass is 214 g/mol. The molecule has 2 nitrogen and oxygen atoms in total. The summed E-state index contributed by atoms with van der Waals surface area (Å²) in [7, 11) is 0. The second-order valence-corrected chi connectivity index (χ2v) is 5.31. The highest BCUT2D eigenvalue weighted by Crippen LogP contribution is 2.28. The van der Waals surface area contributed by atoms with E-state index in [0.29, 0.717) is 6.04 Å². The molecule has 3 heteroatoms. The van der Waals surface area contributed by atoms with Gasteiger partial charge in [-0.25, -0.2) is 0 Å². The summed E-state index contributed by atoms with van der Waals surface area (Å²) in [5.41, 5.74) is 2.85. The Morgan fingerprint density at radius 3 is 2.71 bits per heavy atom. The SMILES string of the molecule is C=CCC(CSC1CCCCC1)NN. The molecule has 0 aliphatic heterocycles. The molecular weight excluding hydrogens is 192 g/mol. The largest absolute Gasteiger partial charge is 0.271 e. The first-order chi connectivity index (χ1) is 6.86. The highest BCUT2D eigenvalue weighted by atomic mass is 32.2. The number of hydrazine groups is 1. The Morgan fingerprint density at radius 1 is 1.43 bits per heavy atom. The molecule has 14 heavy (non-hydrogen) atoms. The first-order valence-electron chi connectivity index (χ1n) is 5.55. The summed E-state index contributed by atoms with van der Waals surface area (Å²) in [5, 5.41) is 0.879. The lowest BCUT2D eigenvalue weighted by Gasteiger charge is -2.23. The van der Waals surface area contributed by atoms with E-state index in [2.05, 4.69) is 23.8 Å². The van der Waals surface area contributed by atoms with Gasteiger partial charge in [-0.1, -0.05) is 25.3 Å². The maximum absolute atomic E-state index is 5.46. The van der Waals surface area contributed by atoms with Gasteiger partial charge in [-0.05, 0) is 19.3 Å². The predicted molar refractivity (Wildman–Crippen MR) is 65.3 cm³/mol. The van der Waals surface area contributed by atoms with Crippen molar-refractivity contribution in [2.75, 3.05) is 5.75 Å². The van der Waals surface area contributed by atoms with Gasteiger partial charge in [0, 0.05) is 17.0 Å². The van der Waals surface area contributed by atoms with Crippen LogP contribution in [-0.4, -0.2) is 17.0 Å². The molecule has 0 heterocycles. The summed E-state index contributed by atoms with van der Waals surface area (Å²) in [4.78, 5) is 0. The van der Waals surface area contributed by atoms with Crippen LogP contribution in [-0.2, 0) is 0 Å². The molecule has 1 saturated carbocycles. The van der Waals surface area contributed by atoms with E-state index in [4.69, 9.17) is 5.84 Å². The van der Waals surface area contributed by atoms with Crippen molar-refractivity contribution >= 4 is 11.8 Å². The zero-order valence-electron chi connectivity index (χ0n) is 8.87. The van der Waals surface area contributed by atoms with E-state index in [0.717, 1.165) is 17.4 Å². The first-order valence-corrected chi connectivity index (χ1v) is 6.60. The van der Waals surface area contributed by atoms with Gasteiger partial charge in [0.1, 0.15) is 0 Å². The molecule has 0 saturated heterocycles. The lowest BCUT2D eigenvalue weighted by Crippen LogP contribution is -2.37. The molecule has 0 amide bonds. The number of thioether (sulfide) groups is 1. The van der Waals surface area contributed by atoms with Crippen LogP contribution in [0.3, 0.4) is 0 Å². The van der Waals surface area contributed by atoms with Crippen LogP contribution in [0.25, 0.3) is 0 Å². The van der Waals surface area contributed by atoms with Crippen molar-refractivity contribution in [3.8, 4) is 0 Å². The molecule has 0 aromatic rings. The molecule has 3 N–H and O–H groups in total. The third-order valence-electron chi connectivity index (χ3n) is 2.77. The Bertz CT molecular complexity index is 155. The molecule has 1 unspecified atom stereocenters. The van der Waals surface area contributed by atoms with Crippen LogP contribution >= 0.6 is 11.8 Å². The maximum atomic E-state index is 5.46. The Kier molecular flexibility index (Phi) is 6.32. The topological polar surface area (TPSA) is 38.0 Å². The highest BCUT2D eigenvalue weighted by molar-refractivity contribution is 7.99. The summed E-state index contributed by atoms with van der Waals surface area (Å²) in [6, 6.07) is 0.402. The summed E-state index contributed by atoms with van der Waals surface area (Å²) in [6.07, 6.45) is 9.97. The molecular formula is C11H22N2S. The number of hydrogen-bond acceptors (Lipinski definition) is 3. The molecule has 0 bridgehead atoms. The van der Waals surface area contributed by atoms with E-state index < -0.39 is 0 Å². The molecule has 1 fully saturated rings. The zero-order valence-corrected chi connectivity index (χ0v) is 9.69. The van der Waals surface area contributed by atoms with Gasteiger partial charge in [0.15, 0.2) is 0 Å². The van der Waals surface area contributed by atoms with Gasteiger partial charge in [0.25, 0.3) is 0 Å². The van der Waals surface area contributed by atoms with E-state index in [1.165, 1.54) is 32.1 Å². The van der Waals surface area contributed by atoms with Crippen LogP contribution in [0.15, 0.2) is 12.7 Å². The van der Waals surface area contributed by atoms with Gasteiger partial charge in [-0.3, -0.25) is 11.3 Å². The van der Waals surface area contributed by atoms with Crippen molar-refractivity contribution < 1.29 is 0 Å². The van der Waals surface area contributed by atoms with Crippen LogP contribution < -0.4 is 11.3 Å². The van der Waals surface area contributed by atoms with E-state index >= 15 is 0 Å². The van der Waals surface area contributed by atoms with Crippen LogP contribution in [0.2, 0.25) is 0 Å². The van der Waals surface area contributed by atoms with Gasteiger partial charge >= 0.3 is 0 Å². The van der Waals surface area contributed by atoms with Gasteiger partial charge in [-0.2, -0.15) is 11.8 Å². The lowest BCUT2D eigenvalue weighted by atomic mass is 10.0. The van der Waals surface area contributed by atoms with Gasteiger partial charge < -0.3 is 0 Å². The molecule has 0 spiro atoms. The van der Waals surface area contributed by atoms with Crippen LogP contribution in [0.1, 0.15) is 38.5 Å². The molecule has 82 valence electrons. The number of hydrogen-bond donors (Lipinski definition) is 2. The Balaban J connectivity index is 2.13. The minimum atomic E-state index is 0.402. The van der Waals surface area contributed by atoms with E-state index in [-0.39, 0.29) is 0 Å². The first kappa shape index (κ1) is 12.1. The van der Waals surface area contributed by atoms with Crippen LogP contribution in [0, 0.1) is 0 Å². The predicted octanol–water partition coefficient (Wildman–Crippen LogP) is 2.46. The van der Waals surface area contributed by atoms with E-state index in [1.54, 1.807) is 0 Å². The Labute approximate surface area is 91.7 Å².